The average molecular weight is 298 g/mol. The van der Waals surface area contributed by atoms with E-state index in [1.165, 1.54) is 17.4 Å². The maximum absolute atomic E-state index is 14.0. The van der Waals surface area contributed by atoms with E-state index in [4.69, 9.17) is 5.73 Å². The summed E-state index contributed by atoms with van der Waals surface area (Å²) < 4.78 is 14.0. The zero-order valence-corrected chi connectivity index (χ0v) is 12.5. The molecule has 21 heavy (non-hydrogen) atoms. The first-order valence-corrected chi connectivity index (χ1v) is 7.57. The van der Waals surface area contributed by atoms with E-state index in [9.17, 15) is 4.39 Å². The standard InChI is InChI=1S/C17H15FN2S/c1-11-2-7-14(15(18)8-11)17-20-16(10-21-17)13-5-3-12(9-19)4-6-13/h2-8,10H,9,19H2,1H3. The van der Waals surface area contributed by atoms with Gasteiger partial charge in [-0.2, -0.15) is 0 Å². The lowest BCUT2D eigenvalue weighted by molar-refractivity contribution is 0.630. The van der Waals surface area contributed by atoms with Crippen LogP contribution in [0, 0.1) is 12.7 Å². The Balaban J connectivity index is 1.95. The fraction of sp³-hybridized carbons (Fsp3) is 0.118. The van der Waals surface area contributed by atoms with E-state index in [0.717, 1.165) is 22.4 Å². The molecular formula is C17H15FN2S. The molecule has 0 aliphatic heterocycles. The third-order valence-electron chi connectivity index (χ3n) is 3.34. The van der Waals surface area contributed by atoms with Crippen LogP contribution in [-0.4, -0.2) is 4.98 Å². The molecule has 0 bridgehead atoms. The molecule has 3 aromatic rings. The van der Waals surface area contributed by atoms with E-state index in [-0.39, 0.29) is 5.82 Å². The maximum atomic E-state index is 14.0. The molecule has 1 heterocycles. The lowest BCUT2D eigenvalue weighted by Crippen LogP contribution is -1.95. The van der Waals surface area contributed by atoms with Crippen molar-refractivity contribution in [2.75, 3.05) is 0 Å². The summed E-state index contributed by atoms with van der Waals surface area (Å²) in [6, 6.07) is 13.2. The van der Waals surface area contributed by atoms with Crippen molar-refractivity contribution < 1.29 is 4.39 Å². The van der Waals surface area contributed by atoms with Gasteiger partial charge in [-0.05, 0) is 30.2 Å². The summed E-state index contributed by atoms with van der Waals surface area (Å²) in [6.07, 6.45) is 0. The smallest absolute Gasteiger partial charge is 0.133 e. The highest BCUT2D eigenvalue weighted by atomic mass is 32.1. The Kier molecular flexibility index (Phi) is 3.82. The summed E-state index contributed by atoms with van der Waals surface area (Å²) in [7, 11) is 0. The van der Waals surface area contributed by atoms with Gasteiger partial charge in [-0.15, -0.1) is 11.3 Å². The average Bonchev–Trinajstić information content (AvgIpc) is 2.97. The summed E-state index contributed by atoms with van der Waals surface area (Å²) >= 11 is 1.45. The number of rotatable bonds is 3. The van der Waals surface area contributed by atoms with Crippen molar-refractivity contribution in [1.29, 1.82) is 0 Å². The molecule has 0 saturated heterocycles. The van der Waals surface area contributed by atoms with E-state index in [1.807, 2.05) is 42.6 Å². The van der Waals surface area contributed by atoms with Gasteiger partial charge in [-0.25, -0.2) is 9.37 Å². The number of benzene rings is 2. The van der Waals surface area contributed by atoms with Crippen molar-refractivity contribution in [3.63, 3.8) is 0 Å². The lowest BCUT2D eigenvalue weighted by Gasteiger charge is -2.01. The van der Waals surface area contributed by atoms with Crippen molar-refractivity contribution in [1.82, 2.24) is 4.98 Å². The second-order valence-electron chi connectivity index (χ2n) is 4.92. The Bertz CT molecular complexity index is 763. The molecule has 0 radical (unpaired) electrons. The van der Waals surface area contributed by atoms with Gasteiger partial charge in [0.05, 0.1) is 5.69 Å². The first-order valence-electron chi connectivity index (χ1n) is 6.69. The highest BCUT2D eigenvalue weighted by Crippen LogP contribution is 2.30. The molecule has 0 spiro atoms. The van der Waals surface area contributed by atoms with Crippen LogP contribution in [0.5, 0.6) is 0 Å². The van der Waals surface area contributed by atoms with Gasteiger partial charge in [-0.3, -0.25) is 0 Å². The van der Waals surface area contributed by atoms with Crippen molar-refractivity contribution >= 4 is 11.3 Å². The summed E-state index contributed by atoms with van der Waals surface area (Å²) in [6.45, 7) is 2.40. The predicted molar refractivity (Wildman–Crippen MR) is 85.6 cm³/mol. The van der Waals surface area contributed by atoms with E-state index < -0.39 is 0 Å². The molecule has 2 N–H and O–H groups in total. The molecule has 0 fully saturated rings. The lowest BCUT2D eigenvalue weighted by atomic mass is 10.1. The minimum absolute atomic E-state index is 0.227. The molecule has 1 aromatic heterocycles. The van der Waals surface area contributed by atoms with Crippen LogP contribution in [-0.2, 0) is 6.54 Å². The highest BCUT2D eigenvalue weighted by Gasteiger charge is 2.10. The van der Waals surface area contributed by atoms with Crippen LogP contribution in [0.25, 0.3) is 21.8 Å². The summed E-state index contributed by atoms with van der Waals surface area (Å²) in [5, 5.41) is 2.65. The van der Waals surface area contributed by atoms with Gasteiger partial charge in [0.15, 0.2) is 0 Å². The topological polar surface area (TPSA) is 38.9 Å². The fourth-order valence-electron chi connectivity index (χ4n) is 2.14. The molecule has 2 aromatic carbocycles. The van der Waals surface area contributed by atoms with Crippen LogP contribution in [0.4, 0.5) is 4.39 Å². The largest absolute Gasteiger partial charge is 0.326 e. The van der Waals surface area contributed by atoms with Crippen molar-refractivity contribution in [3.8, 4) is 21.8 Å². The van der Waals surface area contributed by atoms with E-state index in [2.05, 4.69) is 4.98 Å². The first-order chi connectivity index (χ1) is 10.2. The molecule has 0 atom stereocenters. The van der Waals surface area contributed by atoms with Crippen LogP contribution < -0.4 is 5.73 Å². The fourth-order valence-corrected chi connectivity index (χ4v) is 2.99. The molecule has 2 nitrogen and oxygen atoms in total. The summed E-state index contributed by atoms with van der Waals surface area (Å²) in [5.41, 5.74) is 10.0. The monoisotopic (exact) mass is 298 g/mol. The zero-order chi connectivity index (χ0) is 14.8. The maximum Gasteiger partial charge on any atom is 0.133 e. The Morgan fingerprint density at radius 3 is 2.57 bits per heavy atom. The molecule has 4 heteroatoms. The number of hydrogen-bond acceptors (Lipinski definition) is 3. The van der Waals surface area contributed by atoms with Gasteiger partial charge in [-0.1, -0.05) is 30.3 Å². The molecular weight excluding hydrogens is 283 g/mol. The van der Waals surface area contributed by atoms with Crippen molar-refractivity contribution in [2.24, 2.45) is 5.73 Å². The number of halogens is 1. The minimum atomic E-state index is -0.227. The third kappa shape index (κ3) is 2.86. The number of aryl methyl sites for hydroxylation is 1. The number of thiazole rings is 1. The second-order valence-corrected chi connectivity index (χ2v) is 5.78. The number of hydrogen-bond donors (Lipinski definition) is 1. The normalized spacial score (nSPS) is 10.8. The number of nitrogens with two attached hydrogens (primary N) is 1. The van der Waals surface area contributed by atoms with Gasteiger partial charge in [0.1, 0.15) is 10.8 Å². The van der Waals surface area contributed by atoms with Gasteiger partial charge >= 0.3 is 0 Å². The number of aromatic nitrogens is 1. The second kappa shape index (κ2) is 5.76. The first kappa shape index (κ1) is 13.9. The van der Waals surface area contributed by atoms with E-state index in [0.29, 0.717) is 17.1 Å². The minimum Gasteiger partial charge on any atom is -0.326 e. The quantitative estimate of drug-likeness (QED) is 0.779. The third-order valence-corrected chi connectivity index (χ3v) is 4.22. The Morgan fingerprint density at radius 1 is 1.14 bits per heavy atom. The van der Waals surface area contributed by atoms with Crippen LogP contribution >= 0.6 is 11.3 Å². The Hall–Kier alpha value is -2.04. The van der Waals surface area contributed by atoms with Gasteiger partial charge < -0.3 is 5.73 Å². The summed E-state index contributed by atoms with van der Waals surface area (Å²) in [5.74, 6) is -0.227. The van der Waals surface area contributed by atoms with Gasteiger partial charge in [0, 0.05) is 23.1 Å². The molecule has 0 aliphatic carbocycles. The number of nitrogens with zero attached hydrogens (tertiary/aromatic N) is 1. The predicted octanol–water partition coefficient (Wildman–Crippen LogP) is 4.38. The highest BCUT2D eigenvalue weighted by molar-refractivity contribution is 7.13. The molecule has 0 unspecified atom stereocenters. The van der Waals surface area contributed by atoms with E-state index >= 15 is 0 Å². The molecule has 0 aliphatic rings. The molecule has 3 rings (SSSR count). The van der Waals surface area contributed by atoms with Gasteiger partial charge in [0.2, 0.25) is 0 Å². The van der Waals surface area contributed by atoms with Crippen LogP contribution in [0.2, 0.25) is 0 Å². The Labute approximate surface area is 127 Å². The van der Waals surface area contributed by atoms with E-state index in [1.54, 1.807) is 6.07 Å². The molecule has 0 amide bonds. The van der Waals surface area contributed by atoms with Crippen molar-refractivity contribution in [3.05, 3.63) is 64.8 Å². The summed E-state index contributed by atoms with van der Waals surface area (Å²) in [4.78, 5) is 4.54. The van der Waals surface area contributed by atoms with Crippen molar-refractivity contribution in [2.45, 2.75) is 13.5 Å². The molecule has 0 saturated carbocycles. The van der Waals surface area contributed by atoms with Gasteiger partial charge in [0.25, 0.3) is 0 Å². The Morgan fingerprint density at radius 2 is 1.90 bits per heavy atom. The van der Waals surface area contributed by atoms with Crippen LogP contribution in [0.1, 0.15) is 11.1 Å². The van der Waals surface area contributed by atoms with Crippen LogP contribution in [0.15, 0.2) is 47.8 Å². The molecule has 106 valence electrons. The SMILES string of the molecule is Cc1ccc(-c2nc(-c3ccc(CN)cc3)cs2)c(F)c1. The van der Waals surface area contributed by atoms with Crippen LogP contribution in [0.3, 0.4) is 0 Å². The zero-order valence-electron chi connectivity index (χ0n) is 11.6.